The summed E-state index contributed by atoms with van der Waals surface area (Å²) < 4.78 is 2.08. The molecule has 2 atom stereocenters. The van der Waals surface area contributed by atoms with Gasteiger partial charge in [-0.05, 0) is 80.9 Å². The molecule has 2 aliphatic rings. The van der Waals surface area contributed by atoms with Gasteiger partial charge in [-0.25, -0.2) is 0 Å². The number of pyridine rings is 1. The number of nitrogens with one attached hydrogen (secondary N) is 1. The molecule has 0 spiro atoms. The molecule has 1 aliphatic heterocycles. The molecular formula is C25H27ClN4OS. The molecule has 1 saturated carbocycles. The van der Waals surface area contributed by atoms with Crippen molar-refractivity contribution in [2.75, 3.05) is 0 Å². The highest BCUT2D eigenvalue weighted by atomic mass is 35.5. The number of hydrogen-bond donors (Lipinski definition) is 2. The van der Waals surface area contributed by atoms with E-state index in [0.29, 0.717) is 16.8 Å². The second-order valence-electron chi connectivity index (χ2n) is 8.77. The van der Waals surface area contributed by atoms with Crippen LogP contribution in [-0.2, 0) is 0 Å². The monoisotopic (exact) mass is 466 g/mol. The third-order valence-corrected chi connectivity index (χ3v) is 7.38. The Kier molecular flexibility index (Phi) is 5.59. The lowest BCUT2D eigenvalue weighted by atomic mass is 9.95. The molecule has 2 fully saturated rings. The summed E-state index contributed by atoms with van der Waals surface area (Å²) in [5.41, 5.74) is 4.97. The standard InChI is InChI=1S/C25H27ClN4OS/c1-15-13-19(16(2)29(15)21-14-17(26)10-11-22(21)31)24-23(20-9-5-6-12-27-20)28-25(32)30(24)18-7-3-4-8-18/h5-6,9-14,18,23-24,31H,3-4,7-8H2,1-2H3,(H,28,32)/t23-,24-/m1/s1. The molecule has 2 N–H and O–H groups in total. The van der Waals surface area contributed by atoms with Crippen LogP contribution in [0.3, 0.4) is 0 Å². The minimum atomic E-state index is -0.0359. The lowest BCUT2D eigenvalue weighted by molar-refractivity contribution is 0.245. The van der Waals surface area contributed by atoms with Crippen LogP contribution in [0.25, 0.3) is 5.69 Å². The van der Waals surface area contributed by atoms with E-state index >= 15 is 0 Å². The van der Waals surface area contributed by atoms with Crippen LogP contribution >= 0.6 is 23.8 Å². The summed E-state index contributed by atoms with van der Waals surface area (Å²) in [6, 6.07) is 13.8. The van der Waals surface area contributed by atoms with Gasteiger partial charge in [-0.15, -0.1) is 0 Å². The second-order valence-corrected chi connectivity index (χ2v) is 9.59. The van der Waals surface area contributed by atoms with Crippen LogP contribution in [0.2, 0.25) is 5.02 Å². The summed E-state index contributed by atoms with van der Waals surface area (Å²) >= 11 is 12.1. The smallest absolute Gasteiger partial charge is 0.170 e. The maximum Gasteiger partial charge on any atom is 0.170 e. The zero-order valence-corrected chi connectivity index (χ0v) is 19.8. The zero-order valence-electron chi connectivity index (χ0n) is 18.3. The number of hydrogen-bond acceptors (Lipinski definition) is 3. The lowest BCUT2D eigenvalue weighted by Crippen LogP contribution is -2.37. The van der Waals surface area contributed by atoms with Crippen LogP contribution in [0.4, 0.5) is 0 Å². The summed E-state index contributed by atoms with van der Waals surface area (Å²) in [4.78, 5) is 7.07. The normalized spacial score (nSPS) is 21.3. The molecule has 166 valence electrons. The molecule has 1 aromatic carbocycles. The SMILES string of the molecule is Cc1cc([C@@H]2[C@@H](c3ccccn3)NC(=S)N2C2CCCC2)c(C)n1-c1cc(Cl)ccc1O. The van der Waals surface area contributed by atoms with E-state index in [4.69, 9.17) is 23.8 Å². The van der Waals surface area contributed by atoms with Crippen molar-refractivity contribution in [2.45, 2.75) is 57.7 Å². The van der Waals surface area contributed by atoms with Crippen LogP contribution in [0, 0.1) is 13.8 Å². The first-order valence-electron chi connectivity index (χ1n) is 11.1. The average molecular weight is 467 g/mol. The molecule has 5 rings (SSSR count). The first kappa shape index (κ1) is 21.3. The Hall–Kier alpha value is -2.57. The van der Waals surface area contributed by atoms with Gasteiger partial charge in [0.2, 0.25) is 0 Å². The molecule has 0 bridgehead atoms. The van der Waals surface area contributed by atoms with Crippen LogP contribution in [-0.4, -0.2) is 30.7 Å². The number of aromatic hydroxyl groups is 1. The molecule has 3 heterocycles. The van der Waals surface area contributed by atoms with Crippen molar-refractivity contribution in [2.24, 2.45) is 0 Å². The fourth-order valence-corrected chi connectivity index (χ4v) is 5.96. The summed E-state index contributed by atoms with van der Waals surface area (Å²) in [5, 5.41) is 15.5. The van der Waals surface area contributed by atoms with E-state index in [1.165, 1.54) is 18.4 Å². The van der Waals surface area contributed by atoms with Crippen molar-refractivity contribution in [1.29, 1.82) is 0 Å². The third-order valence-electron chi connectivity index (χ3n) is 6.82. The predicted octanol–water partition coefficient (Wildman–Crippen LogP) is 5.76. The Labute approximate surface area is 199 Å². The Bertz CT molecular complexity index is 1160. The van der Waals surface area contributed by atoms with Gasteiger partial charge in [-0.3, -0.25) is 4.98 Å². The molecule has 0 unspecified atom stereocenters. The fraction of sp³-hybridized carbons (Fsp3) is 0.360. The minimum absolute atomic E-state index is 0.0294. The van der Waals surface area contributed by atoms with Gasteiger partial charge < -0.3 is 19.9 Å². The highest BCUT2D eigenvalue weighted by Gasteiger charge is 2.44. The Balaban J connectivity index is 1.66. The van der Waals surface area contributed by atoms with Crippen molar-refractivity contribution >= 4 is 28.9 Å². The topological polar surface area (TPSA) is 53.3 Å². The van der Waals surface area contributed by atoms with Crippen LogP contribution in [0.15, 0.2) is 48.7 Å². The third kappa shape index (κ3) is 3.55. The van der Waals surface area contributed by atoms with E-state index in [1.807, 2.05) is 24.4 Å². The molecule has 1 aliphatic carbocycles. The average Bonchev–Trinajstić information content (AvgIpc) is 3.49. The number of benzene rings is 1. The van der Waals surface area contributed by atoms with Crippen LogP contribution in [0.5, 0.6) is 5.75 Å². The molecule has 32 heavy (non-hydrogen) atoms. The Morgan fingerprint density at radius 3 is 2.62 bits per heavy atom. The predicted molar refractivity (Wildman–Crippen MR) is 131 cm³/mol. The highest BCUT2D eigenvalue weighted by Crippen LogP contribution is 2.45. The number of thiocarbonyl (C=S) groups is 1. The Morgan fingerprint density at radius 1 is 1.12 bits per heavy atom. The molecular weight excluding hydrogens is 440 g/mol. The van der Waals surface area contributed by atoms with E-state index in [2.05, 4.69) is 45.7 Å². The maximum absolute atomic E-state index is 10.6. The molecule has 3 aromatic rings. The summed E-state index contributed by atoms with van der Waals surface area (Å²) in [7, 11) is 0. The van der Waals surface area contributed by atoms with Gasteiger partial charge in [-0.1, -0.05) is 30.5 Å². The molecule has 1 saturated heterocycles. The second kappa shape index (κ2) is 8.41. The van der Waals surface area contributed by atoms with Gasteiger partial charge in [-0.2, -0.15) is 0 Å². The number of rotatable bonds is 4. The largest absolute Gasteiger partial charge is 0.506 e. The number of phenolic OH excluding ortho intramolecular Hbond substituents is 1. The van der Waals surface area contributed by atoms with E-state index < -0.39 is 0 Å². The molecule has 5 nitrogen and oxygen atoms in total. The molecule has 7 heteroatoms. The van der Waals surface area contributed by atoms with Gasteiger partial charge in [0.1, 0.15) is 5.75 Å². The number of phenols is 1. The number of aromatic nitrogens is 2. The maximum atomic E-state index is 10.6. The molecule has 0 amide bonds. The first-order valence-corrected chi connectivity index (χ1v) is 11.9. The fourth-order valence-electron chi connectivity index (χ4n) is 5.41. The highest BCUT2D eigenvalue weighted by molar-refractivity contribution is 7.80. The Morgan fingerprint density at radius 2 is 1.91 bits per heavy atom. The summed E-state index contributed by atoms with van der Waals surface area (Å²) in [6.07, 6.45) is 6.62. The lowest BCUT2D eigenvalue weighted by Gasteiger charge is -2.33. The van der Waals surface area contributed by atoms with E-state index in [-0.39, 0.29) is 17.8 Å². The minimum Gasteiger partial charge on any atom is -0.506 e. The number of halogens is 1. The summed E-state index contributed by atoms with van der Waals surface area (Å²) in [5.74, 6) is 0.205. The van der Waals surface area contributed by atoms with Gasteiger partial charge in [0, 0.05) is 28.6 Å². The van der Waals surface area contributed by atoms with Crippen molar-refractivity contribution in [3.05, 3.63) is 76.3 Å². The van der Waals surface area contributed by atoms with Crippen molar-refractivity contribution in [3.63, 3.8) is 0 Å². The van der Waals surface area contributed by atoms with Gasteiger partial charge in [0.15, 0.2) is 5.11 Å². The van der Waals surface area contributed by atoms with E-state index in [1.54, 1.807) is 12.1 Å². The van der Waals surface area contributed by atoms with Gasteiger partial charge in [0.25, 0.3) is 0 Å². The van der Waals surface area contributed by atoms with Gasteiger partial charge in [0.05, 0.1) is 23.5 Å². The van der Waals surface area contributed by atoms with Crippen molar-refractivity contribution in [1.82, 2.24) is 19.8 Å². The summed E-state index contributed by atoms with van der Waals surface area (Å²) in [6.45, 7) is 4.17. The van der Waals surface area contributed by atoms with E-state index in [9.17, 15) is 5.11 Å². The van der Waals surface area contributed by atoms with Gasteiger partial charge >= 0.3 is 0 Å². The molecule has 2 aromatic heterocycles. The van der Waals surface area contributed by atoms with E-state index in [0.717, 1.165) is 35.0 Å². The van der Waals surface area contributed by atoms with Crippen molar-refractivity contribution < 1.29 is 5.11 Å². The van der Waals surface area contributed by atoms with Crippen molar-refractivity contribution in [3.8, 4) is 11.4 Å². The number of nitrogens with zero attached hydrogens (tertiary/aromatic N) is 3. The van der Waals surface area contributed by atoms with Crippen LogP contribution in [0.1, 0.15) is 60.4 Å². The van der Waals surface area contributed by atoms with Crippen LogP contribution < -0.4 is 5.32 Å². The number of aryl methyl sites for hydroxylation is 1. The quantitative estimate of drug-likeness (QED) is 0.478. The zero-order chi connectivity index (χ0) is 22.4. The first-order chi connectivity index (χ1) is 15.5. The molecule has 0 radical (unpaired) electrons.